The number of benzene rings is 2. The molecular formula is C34H49N3O6. The quantitative estimate of drug-likeness (QED) is 0.269. The molecule has 236 valence electrons. The van der Waals surface area contributed by atoms with Crippen molar-refractivity contribution >= 4 is 23.8 Å². The highest BCUT2D eigenvalue weighted by Crippen LogP contribution is 2.14. The molecule has 3 N–H and O–H groups in total. The first-order valence-corrected chi connectivity index (χ1v) is 14.9. The predicted molar refractivity (Wildman–Crippen MR) is 167 cm³/mol. The zero-order valence-electron chi connectivity index (χ0n) is 26.9. The molecule has 0 saturated carbocycles. The molecule has 2 aromatic rings. The van der Waals surface area contributed by atoms with E-state index in [1.165, 1.54) is 0 Å². The second-order valence-corrected chi connectivity index (χ2v) is 13.2. The van der Waals surface area contributed by atoms with Gasteiger partial charge in [-0.2, -0.15) is 0 Å². The van der Waals surface area contributed by atoms with E-state index in [9.17, 15) is 19.2 Å². The Hall–Kier alpha value is -3.72. The third-order valence-electron chi connectivity index (χ3n) is 6.20. The molecule has 2 amide bonds. The van der Waals surface area contributed by atoms with Crippen LogP contribution >= 0.6 is 0 Å². The molecule has 0 heterocycles. The number of rotatable bonds is 14. The third-order valence-corrected chi connectivity index (χ3v) is 6.20. The number of esters is 1. The topological polar surface area (TPSA) is 123 Å². The second kappa shape index (κ2) is 16.2. The van der Waals surface area contributed by atoms with Crippen LogP contribution in [0.5, 0.6) is 0 Å². The first-order chi connectivity index (χ1) is 20.0. The summed E-state index contributed by atoms with van der Waals surface area (Å²) in [4.78, 5) is 52.7. The van der Waals surface area contributed by atoms with Gasteiger partial charge in [-0.05, 0) is 77.8 Å². The molecule has 0 aliphatic carbocycles. The number of carbonyl (C=O) groups excluding carboxylic acids is 4. The number of carbonyl (C=O) groups is 4. The summed E-state index contributed by atoms with van der Waals surface area (Å²) in [6, 6.07) is 16.2. The van der Waals surface area contributed by atoms with E-state index < -0.39 is 47.3 Å². The average molecular weight is 596 g/mol. The van der Waals surface area contributed by atoms with Crippen molar-refractivity contribution in [3.8, 4) is 0 Å². The van der Waals surface area contributed by atoms with Gasteiger partial charge in [0.1, 0.15) is 17.2 Å². The van der Waals surface area contributed by atoms with E-state index in [0.717, 1.165) is 11.1 Å². The van der Waals surface area contributed by atoms with Crippen LogP contribution in [-0.4, -0.2) is 59.6 Å². The van der Waals surface area contributed by atoms with Crippen LogP contribution in [0, 0.1) is 5.92 Å². The van der Waals surface area contributed by atoms with Crippen LogP contribution in [0.4, 0.5) is 4.79 Å². The lowest BCUT2D eigenvalue weighted by molar-refractivity contribution is -0.159. The van der Waals surface area contributed by atoms with Crippen molar-refractivity contribution in [1.29, 1.82) is 0 Å². The van der Waals surface area contributed by atoms with Gasteiger partial charge >= 0.3 is 12.1 Å². The van der Waals surface area contributed by atoms with E-state index >= 15 is 0 Å². The smallest absolute Gasteiger partial charge is 0.408 e. The van der Waals surface area contributed by atoms with Crippen LogP contribution in [-0.2, 0) is 36.7 Å². The van der Waals surface area contributed by atoms with Gasteiger partial charge in [-0.25, -0.2) is 9.59 Å². The first-order valence-electron chi connectivity index (χ1n) is 14.9. The fraction of sp³-hybridized carbons (Fsp3) is 0.529. The van der Waals surface area contributed by atoms with Gasteiger partial charge in [-0.3, -0.25) is 14.9 Å². The van der Waals surface area contributed by atoms with Crippen molar-refractivity contribution < 1.29 is 28.7 Å². The van der Waals surface area contributed by atoms with E-state index in [2.05, 4.69) is 16.0 Å². The molecule has 0 saturated heterocycles. The molecule has 0 aliphatic heterocycles. The number of ketones is 1. The van der Waals surface area contributed by atoms with E-state index in [1.807, 2.05) is 74.5 Å². The summed E-state index contributed by atoms with van der Waals surface area (Å²) < 4.78 is 11.0. The minimum Gasteiger partial charge on any atom is -0.458 e. The lowest BCUT2D eigenvalue weighted by Crippen LogP contribution is -2.54. The minimum absolute atomic E-state index is 0.123. The molecule has 0 aromatic heterocycles. The van der Waals surface area contributed by atoms with Gasteiger partial charge in [0, 0.05) is 0 Å². The maximum Gasteiger partial charge on any atom is 0.408 e. The Bertz CT molecular complexity index is 1190. The zero-order chi connectivity index (χ0) is 32.2. The van der Waals surface area contributed by atoms with Crippen molar-refractivity contribution in [2.45, 2.75) is 104 Å². The minimum atomic E-state index is -0.888. The Labute approximate surface area is 256 Å². The summed E-state index contributed by atoms with van der Waals surface area (Å²) in [5.41, 5.74) is 0.305. The lowest BCUT2D eigenvalue weighted by Gasteiger charge is -2.27. The molecular weight excluding hydrogens is 546 g/mol. The lowest BCUT2D eigenvalue weighted by atomic mass is 10.00. The predicted octanol–water partition coefficient (Wildman–Crippen LogP) is 4.77. The fourth-order valence-corrected chi connectivity index (χ4v) is 4.33. The monoisotopic (exact) mass is 595 g/mol. The van der Waals surface area contributed by atoms with Crippen molar-refractivity contribution in [2.24, 2.45) is 5.92 Å². The average Bonchev–Trinajstić information content (AvgIpc) is 2.89. The highest BCUT2D eigenvalue weighted by molar-refractivity contribution is 5.91. The molecule has 9 heteroatoms. The van der Waals surface area contributed by atoms with Gasteiger partial charge in [0.15, 0.2) is 5.78 Å². The highest BCUT2D eigenvalue weighted by Gasteiger charge is 2.31. The number of amides is 2. The number of hydrogen-bond acceptors (Lipinski definition) is 7. The van der Waals surface area contributed by atoms with Gasteiger partial charge in [0.05, 0.1) is 18.6 Å². The number of ether oxygens (including phenoxy) is 2. The summed E-state index contributed by atoms with van der Waals surface area (Å²) in [7, 11) is 0. The largest absolute Gasteiger partial charge is 0.458 e. The van der Waals surface area contributed by atoms with E-state index in [1.54, 1.807) is 41.5 Å². The summed E-state index contributed by atoms with van der Waals surface area (Å²) in [5.74, 6) is -1.12. The third kappa shape index (κ3) is 14.3. The number of nitrogens with one attached hydrogen (secondary N) is 3. The van der Waals surface area contributed by atoms with Gasteiger partial charge in [-0.1, -0.05) is 74.5 Å². The van der Waals surface area contributed by atoms with Crippen LogP contribution in [0.2, 0.25) is 0 Å². The van der Waals surface area contributed by atoms with Crippen LogP contribution < -0.4 is 16.0 Å². The van der Waals surface area contributed by atoms with E-state index in [0.29, 0.717) is 6.42 Å². The summed E-state index contributed by atoms with van der Waals surface area (Å²) in [6.45, 7) is 14.3. The molecule has 9 nitrogen and oxygen atoms in total. The fourth-order valence-electron chi connectivity index (χ4n) is 4.33. The summed E-state index contributed by atoms with van der Waals surface area (Å²) in [5, 5.41) is 8.66. The zero-order valence-corrected chi connectivity index (χ0v) is 26.9. The summed E-state index contributed by atoms with van der Waals surface area (Å²) >= 11 is 0. The van der Waals surface area contributed by atoms with Crippen molar-refractivity contribution in [1.82, 2.24) is 16.0 Å². The van der Waals surface area contributed by atoms with Gasteiger partial charge in [-0.15, -0.1) is 0 Å². The maximum absolute atomic E-state index is 13.6. The molecule has 2 aromatic carbocycles. The second-order valence-electron chi connectivity index (χ2n) is 13.2. The normalized spacial score (nSPS) is 13.9. The highest BCUT2D eigenvalue weighted by atomic mass is 16.6. The molecule has 0 aliphatic rings. The Morgan fingerprint density at radius 2 is 1.16 bits per heavy atom. The molecule has 0 bridgehead atoms. The molecule has 3 atom stereocenters. The number of Topliss-reactive ketones (excluding diaryl/α,β-unsaturated/α-hetero) is 1. The molecule has 0 unspecified atom stereocenters. The van der Waals surface area contributed by atoms with Gasteiger partial charge in [0.25, 0.3) is 0 Å². The van der Waals surface area contributed by atoms with Gasteiger partial charge < -0.3 is 20.1 Å². The van der Waals surface area contributed by atoms with E-state index in [4.69, 9.17) is 9.47 Å². The van der Waals surface area contributed by atoms with Crippen LogP contribution in [0.25, 0.3) is 0 Å². The maximum atomic E-state index is 13.6. The summed E-state index contributed by atoms with van der Waals surface area (Å²) in [6.07, 6.45) is 0.238. The van der Waals surface area contributed by atoms with Crippen molar-refractivity contribution in [3.05, 3.63) is 71.8 Å². The SMILES string of the molecule is CC(C)C[C@H](NC(=O)[C@H](Cc1ccccc1)NCC(=O)[C@H](Cc1ccccc1)NC(=O)OC(C)(C)C)C(=O)OC(C)(C)C. The van der Waals surface area contributed by atoms with Crippen molar-refractivity contribution in [2.75, 3.05) is 6.54 Å². The van der Waals surface area contributed by atoms with Crippen LogP contribution in [0.15, 0.2) is 60.7 Å². The molecule has 0 fully saturated rings. The van der Waals surface area contributed by atoms with Gasteiger partial charge in [0.2, 0.25) is 5.91 Å². The Morgan fingerprint density at radius 3 is 1.63 bits per heavy atom. The van der Waals surface area contributed by atoms with E-state index in [-0.39, 0.29) is 31.1 Å². The Morgan fingerprint density at radius 1 is 0.674 bits per heavy atom. The number of hydrogen-bond donors (Lipinski definition) is 3. The molecule has 0 radical (unpaired) electrons. The molecule has 0 spiro atoms. The first kappa shape index (κ1) is 35.5. The van der Waals surface area contributed by atoms with Crippen molar-refractivity contribution in [3.63, 3.8) is 0 Å². The molecule has 2 rings (SSSR count). The standard InChI is InChI=1S/C34H49N3O6/c1-23(2)19-28(31(40)42-33(3,4)5)36-30(39)27(21-25-17-13-10-14-18-25)35-22-29(38)26(20-24-15-11-9-12-16-24)37-32(41)43-34(6,7)8/h9-18,23,26-28,35H,19-22H2,1-8H3,(H,36,39)(H,37,41)/t26-,27-,28-/m0/s1. The molecule has 43 heavy (non-hydrogen) atoms. The Balaban J connectivity index is 2.25. The van der Waals surface area contributed by atoms with Crippen LogP contribution in [0.1, 0.15) is 72.9 Å². The number of alkyl carbamates (subject to hydrolysis) is 1. The van der Waals surface area contributed by atoms with Crippen LogP contribution in [0.3, 0.4) is 0 Å². The Kier molecular flexibility index (Phi) is 13.4.